The van der Waals surface area contributed by atoms with Gasteiger partial charge >= 0.3 is 0 Å². The van der Waals surface area contributed by atoms with Crippen molar-refractivity contribution in [2.45, 2.75) is 25.7 Å². The van der Waals surface area contributed by atoms with Crippen molar-refractivity contribution in [2.75, 3.05) is 25.5 Å². The van der Waals surface area contributed by atoms with Crippen molar-refractivity contribution >= 4 is 11.6 Å². The zero-order chi connectivity index (χ0) is 13.5. The lowest BCUT2D eigenvalue weighted by atomic mass is 10.0. The monoisotopic (exact) mass is 262 g/mol. The maximum absolute atomic E-state index is 11.8. The maximum Gasteiger partial charge on any atom is 0.220 e. The zero-order valence-electron chi connectivity index (χ0n) is 11.2. The normalized spacial score (nSPS) is 16.2. The number of nitrogen functional groups attached to an aromatic ring is 1. The summed E-state index contributed by atoms with van der Waals surface area (Å²) in [6.45, 7) is 2.41. The molecule has 0 unspecified atom stereocenters. The summed E-state index contributed by atoms with van der Waals surface area (Å²) in [5.74, 6) is 0.675. The zero-order valence-corrected chi connectivity index (χ0v) is 11.2. The molecule has 19 heavy (non-hydrogen) atoms. The van der Waals surface area contributed by atoms with Crippen molar-refractivity contribution in [3.63, 3.8) is 0 Å². The predicted octanol–water partition coefficient (Wildman–Crippen LogP) is 1.74. The Labute approximate surface area is 114 Å². The number of carbonyl (C=O) groups excluding carboxylic acids is 1. The Morgan fingerprint density at radius 3 is 2.79 bits per heavy atom. The first-order valence-electron chi connectivity index (χ1n) is 6.93. The van der Waals surface area contributed by atoms with Crippen molar-refractivity contribution in [1.82, 2.24) is 5.32 Å². The molecule has 4 nitrogen and oxygen atoms in total. The highest BCUT2D eigenvalue weighted by Gasteiger charge is 2.14. The summed E-state index contributed by atoms with van der Waals surface area (Å²) in [7, 11) is 0. The Hall–Kier alpha value is -1.55. The molecule has 0 atom stereocenters. The number of nitrogens with two attached hydrogens (primary N) is 1. The SMILES string of the molecule is Nc1ccccc1CCC(=O)NCC1CCOCC1. The van der Waals surface area contributed by atoms with Gasteiger partial charge in [-0.3, -0.25) is 4.79 Å². The highest BCUT2D eigenvalue weighted by atomic mass is 16.5. The minimum atomic E-state index is 0.106. The van der Waals surface area contributed by atoms with Crippen LogP contribution in [0.5, 0.6) is 0 Å². The van der Waals surface area contributed by atoms with E-state index in [4.69, 9.17) is 10.5 Å². The van der Waals surface area contributed by atoms with Gasteiger partial charge in [0, 0.05) is 31.9 Å². The third-order valence-corrected chi connectivity index (χ3v) is 3.61. The number of benzene rings is 1. The number of carbonyl (C=O) groups is 1. The Morgan fingerprint density at radius 1 is 1.32 bits per heavy atom. The molecule has 1 heterocycles. The second kappa shape index (κ2) is 7.14. The van der Waals surface area contributed by atoms with E-state index in [0.29, 0.717) is 18.8 Å². The minimum absolute atomic E-state index is 0.106. The van der Waals surface area contributed by atoms with Crippen LogP contribution in [-0.2, 0) is 16.0 Å². The van der Waals surface area contributed by atoms with Crippen LogP contribution >= 0.6 is 0 Å². The van der Waals surface area contributed by atoms with E-state index in [1.165, 1.54) is 0 Å². The molecule has 1 aromatic rings. The van der Waals surface area contributed by atoms with Crippen molar-refractivity contribution in [1.29, 1.82) is 0 Å². The number of hydrogen-bond donors (Lipinski definition) is 2. The topological polar surface area (TPSA) is 64.4 Å². The number of ether oxygens (including phenoxy) is 1. The summed E-state index contributed by atoms with van der Waals surface area (Å²) in [4.78, 5) is 11.8. The van der Waals surface area contributed by atoms with Crippen LogP contribution in [0, 0.1) is 5.92 Å². The summed E-state index contributed by atoms with van der Waals surface area (Å²) >= 11 is 0. The number of anilines is 1. The first-order chi connectivity index (χ1) is 9.25. The van der Waals surface area contributed by atoms with Crippen LogP contribution in [-0.4, -0.2) is 25.7 Å². The van der Waals surface area contributed by atoms with Gasteiger partial charge in [0.25, 0.3) is 0 Å². The molecule has 1 aromatic carbocycles. The molecular formula is C15H22N2O2. The molecule has 4 heteroatoms. The average Bonchev–Trinajstić information content (AvgIpc) is 2.45. The van der Waals surface area contributed by atoms with E-state index in [1.807, 2.05) is 24.3 Å². The molecule has 1 saturated heterocycles. The lowest BCUT2D eigenvalue weighted by Crippen LogP contribution is -2.32. The molecular weight excluding hydrogens is 240 g/mol. The van der Waals surface area contributed by atoms with Crippen LogP contribution < -0.4 is 11.1 Å². The molecule has 0 aliphatic carbocycles. The third kappa shape index (κ3) is 4.56. The summed E-state index contributed by atoms with van der Waals surface area (Å²) in [6.07, 6.45) is 3.29. The van der Waals surface area contributed by atoms with Crippen LogP contribution in [0.4, 0.5) is 5.69 Å². The molecule has 1 amide bonds. The van der Waals surface area contributed by atoms with E-state index in [2.05, 4.69) is 5.32 Å². The first-order valence-corrected chi connectivity index (χ1v) is 6.93. The van der Waals surface area contributed by atoms with Gasteiger partial charge in [-0.15, -0.1) is 0 Å². The fourth-order valence-electron chi connectivity index (χ4n) is 2.31. The van der Waals surface area contributed by atoms with E-state index >= 15 is 0 Å². The van der Waals surface area contributed by atoms with Crippen LogP contribution in [0.1, 0.15) is 24.8 Å². The summed E-state index contributed by atoms with van der Waals surface area (Å²) in [5.41, 5.74) is 7.66. The molecule has 1 aliphatic rings. The van der Waals surface area contributed by atoms with Crippen molar-refractivity contribution in [3.8, 4) is 0 Å². The van der Waals surface area contributed by atoms with E-state index in [-0.39, 0.29) is 5.91 Å². The van der Waals surface area contributed by atoms with Gasteiger partial charge in [0.2, 0.25) is 5.91 Å². The van der Waals surface area contributed by atoms with Crippen molar-refractivity contribution < 1.29 is 9.53 Å². The smallest absolute Gasteiger partial charge is 0.220 e. The van der Waals surface area contributed by atoms with Gasteiger partial charge in [-0.05, 0) is 36.8 Å². The Kier molecular flexibility index (Phi) is 5.21. The first kappa shape index (κ1) is 13.9. The van der Waals surface area contributed by atoms with Gasteiger partial charge in [0.1, 0.15) is 0 Å². The second-order valence-corrected chi connectivity index (χ2v) is 5.06. The Balaban J connectivity index is 1.68. The molecule has 0 bridgehead atoms. The highest BCUT2D eigenvalue weighted by molar-refractivity contribution is 5.76. The molecule has 104 valence electrons. The molecule has 0 aromatic heterocycles. The van der Waals surface area contributed by atoms with Gasteiger partial charge in [0.05, 0.1) is 0 Å². The standard InChI is InChI=1S/C15H22N2O2/c16-14-4-2-1-3-13(14)5-6-15(18)17-11-12-7-9-19-10-8-12/h1-4,12H,5-11,16H2,(H,17,18). The fourth-order valence-corrected chi connectivity index (χ4v) is 2.31. The molecule has 0 radical (unpaired) electrons. The molecule has 1 aliphatic heterocycles. The fraction of sp³-hybridized carbons (Fsp3) is 0.533. The van der Waals surface area contributed by atoms with Crippen LogP contribution in [0.2, 0.25) is 0 Å². The number of para-hydroxylation sites is 1. The third-order valence-electron chi connectivity index (χ3n) is 3.61. The van der Waals surface area contributed by atoms with Crippen molar-refractivity contribution in [3.05, 3.63) is 29.8 Å². The number of rotatable bonds is 5. The maximum atomic E-state index is 11.8. The number of nitrogens with one attached hydrogen (secondary N) is 1. The van der Waals surface area contributed by atoms with E-state index in [1.54, 1.807) is 0 Å². The Bertz CT molecular complexity index is 414. The van der Waals surface area contributed by atoms with E-state index < -0.39 is 0 Å². The Morgan fingerprint density at radius 2 is 2.05 bits per heavy atom. The minimum Gasteiger partial charge on any atom is -0.399 e. The summed E-state index contributed by atoms with van der Waals surface area (Å²) < 4.78 is 5.30. The molecule has 2 rings (SSSR count). The van der Waals surface area contributed by atoms with E-state index in [0.717, 1.165) is 43.9 Å². The number of hydrogen-bond acceptors (Lipinski definition) is 3. The van der Waals surface area contributed by atoms with E-state index in [9.17, 15) is 4.79 Å². The number of amides is 1. The quantitative estimate of drug-likeness (QED) is 0.794. The van der Waals surface area contributed by atoms with Crippen LogP contribution in [0.15, 0.2) is 24.3 Å². The average molecular weight is 262 g/mol. The second-order valence-electron chi connectivity index (χ2n) is 5.06. The van der Waals surface area contributed by atoms with Gasteiger partial charge in [-0.25, -0.2) is 0 Å². The lowest BCUT2D eigenvalue weighted by molar-refractivity contribution is -0.121. The van der Waals surface area contributed by atoms with Crippen LogP contribution in [0.25, 0.3) is 0 Å². The van der Waals surface area contributed by atoms with Gasteiger partial charge in [-0.1, -0.05) is 18.2 Å². The van der Waals surface area contributed by atoms with Gasteiger partial charge in [-0.2, -0.15) is 0 Å². The van der Waals surface area contributed by atoms with Crippen molar-refractivity contribution in [2.24, 2.45) is 5.92 Å². The van der Waals surface area contributed by atoms with Gasteiger partial charge < -0.3 is 15.8 Å². The molecule has 3 N–H and O–H groups in total. The highest BCUT2D eigenvalue weighted by Crippen LogP contribution is 2.14. The molecule has 0 saturated carbocycles. The number of aryl methyl sites for hydroxylation is 1. The van der Waals surface area contributed by atoms with Crippen LogP contribution in [0.3, 0.4) is 0 Å². The summed E-state index contributed by atoms with van der Waals surface area (Å²) in [5, 5.41) is 3.01. The molecule has 1 fully saturated rings. The summed E-state index contributed by atoms with van der Waals surface area (Å²) in [6, 6.07) is 7.70. The van der Waals surface area contributed by atoms with Gasteiger partial charge in [0.15, 0.2) is 0 Å². The lowest BCUT2D eigenvalue weighted by Gasteiger charge is -2.22. The molecule has 0 spiro atoms. The largest absolute Gasteiger partial charge is 0.399 e. The predicted molar refractivity (Wildman–Crippen MR) is 75.7 cm³/mol.